The second-order valence-corrected chi connectivity index (χ2v) is 4.73. The Morgan fingerprint density at radius 2 is 2.40 bits per heavy atom. The Labute approximate surface area is 90.6 Å². The minimum atomic E-state index is -0.0351. The molecule has 0 amide bonds. The quantitative estimate of drug-likeness (QED) is 0.808. The third-order valence-electron chi connectivity index (χ3n) is 2.92. The van der Waals surface area contributed by atoms with E-state index in [1.807, 2.05) is 17.9 Å². The number of ether oxygens (including phenoxy) is 1. The number of hydrogen-bond donors (Lipinski definition) is 1. The molecule has 0 radical (unpaired) electrons. The molecule has 84 valence electrons. The Morgan fingerprint density at radius 3 is 2.93 bits per heavy atom. The van der Waals surface area contributed by atoms with E-state index in [9.17, 15) is 0 Å². The number of rotatable bonds is 3. The van der Waals surface area contributed by atoms with E-state index in [0.29, 0.717) is 6.04 Å². The fourth-order valence-electron chi connectivity index (χ4n) is 1.99. The van der Waals surface area contributed by atoms with Crippen LogP contribution in [0.3, 0.4) is 0 Å². The Bertz CT molecular complexity index is 326. The Balaban J connectivity index is 2.05. The molecule has 1 aliphatic rings. The fourth-order valence-corrected chi connectivity index (χ4v) is 1.99. The molecule has 4 nitrogen and oxygen atoms in total. The summed E-state index contributed by atoms with van der Waals surface area (Å²) < 4.78 is 7.20. The van der Waals surface area contributed by atoms with E-state index in [1.54, 1.807) is 0 Å². The normalized spacial score (nSPS) is 22.2. The van der Waals surface area contributed by atoms with Gasteiger partial charge >= 0.3 is 0 Å². The second-order valence-electron chi connectivity index (χ2n) is 4.73. The zero-order chi connectivity index (χ0) is 10.9. The summed E-state index contributed by atoms with van der Waals surface area (Å²) in [4.78, 5) is 0. The first kappa shape index (κ1) is 10.6. The van der Waals surface area contributed by atoms with Gasteiger partial charge in [0.25, 0.3) is 0 Å². The highest BCUT2D eigenvalue weighted by Gasteiger charge is 2.27. The van der Waals surface area contributed by atoms with Crippen LogP contribution in [0.1, 0.15) is 25.8 Å². The smallest absolute Gasteiger partial charge is 0.0620 e. The molecular weight excluding hydrogens is 190 g/mol. The van der Waals surface area contributed by atoms with Crippen molar-refractivity contribution < 1.29 is 4.74 Å². The highest BCUT2D eigenvalue weighted by atomic mass is 16.5. The maximum absolute atomic E-state index is 5.36. The first-order valence-corrected chi connectivity index (χ1v) is 5.42. The molecule has 0 saturated carbocycles. The summed E-state index contributed by atoms with van der Waals surface area (Å²) in [6.45, 7) is 6.06. The molecule has 1 fully saturated rings. The van der Waals surface area contributed by atoms with Crippen LogP contribution >= 0.6 is 0 Å². The lowest BCUT2D eigenvalue weighted by atomic mass is 9.96. The van der Waals surface area contributed by atoms with Gasteiger partial charge in [-0.15, -0.1) is 0 Å². The largest absolute Gasteiger partial charge is 0.380 e. The molecule has 15 heavy (non-hydrogen) atoms. The average molecular weight is 209 g/mol. The van der Waals surface area contributed by atoms with Gasteiger partial charge in [-0.2, -0.15) is 5.10 Å². The molecule has 1 unspecified atom stereocenters. The molecule has 0 bridgehead atoms. The van der Waals surface area contributed by atoms with Gasteiger partial charge in [0.15, 0.2) is 0 Å². The summed E-state index contributed by atoms with van der Waals surface area (Å²) in [7, 11) is 1.94. The number of nitrogens with one attached hydrogen (secondary N) is 1. The van der Waals surface area contributed by atoms with Crippen LogP contribution in [0.5, 0.6) is 0 Å². The van der Waals surface area contributed by atoms with Crippen LogP contribution < -0.4 is 5.32 Å². The van der Waals surface area contributed by atoms with Gasteiger partial charge < -0.3 is 10.1 Å². The second kappa shape index (κ2) is 3.94. The van der Waals surface area contributed by atoms with Crippen molar-refractivity contribution >= 4 is 0 Å². The topological polar surface area (TPSA) is 39.1 Å². The summed E-state index contributed by atoms with van der Waals surface area (Å²) in [6.07, 6.45) is 5.08. The zero-order valence-corrected chi connectivity index (χ0v) is 9.66. The summed E-state index contributed by atoms with van der Waals surface area (Å²) in [6, 6.07) is 0.472. The van der Waals surface area contributed by atoms with Crippen molar-refractivity contribution in [3.8, 4) is 0 Å². The van der Waals surface area contributed by atoms with E-state index in [-0.39, 0.29) is 5.54 Å². The Morgan fingerprint density at radius 1 is 1.60 bits per heavy atom. The summed E-state index contributed by atoms with van der Waals surface area (Å²) in [5, 5.41) is 7.81. The maximum Gasteiger partial charge on any atom is 0.0620 e. The van der Waals surface area contributed by atoms with Crippen molar-refractivity contribution in [1.29, 1.82) is 0 Å². The summed E-state index contributed by atoms with van der Waals surface area (Å²) in [5.74, 6) is 0. The van der Waals surface area contributed by atoms with Gasteiger partial charge in [-0.3, -0.25) is 4.68 Å². The fraction of sp³-hybridized carbons (Fsp3) is 0.727. The van der Waals surface area contributed by atoms with Crippen molar-refractivity contribution in [1.82, 2.24) is 15.1 Å². The van der Waals surface area contributed by atoms with Gasteiger partial charge in [0.05, 0.1) is 12.8 Å². The van der Waals surface area contributed by atoms with Crippen LogP contribution in [0, 0.1) is 0 Å². The molecule has 1 aliphatic heterocycles. The number of hydrogen-bond acceptors (Lipinski definition) is 3. The predicted octanol–water partition coefficient (Wildman–Crippen LogP) is 1.03. The van der Waals surface area contributed by atoms with Crippen molar-refractivity contribution in [2.24, 2.45) is 7.05 Å². The Kier molecular flexibility index (Phi) is 2.80. The van der Waals surface area contributed by atoms with Crippen LogP contribution in [0.2, 0.25) is 0 Å². The monoisotopic (exact) mass is 209 g/mol. The molecule has 1 saturated heterocycles. The van der Waals surface area contributed by atoms with Crippen LogP contribution in [-0.4, -0.2) is 29.0 Å². The van der Waals surface area contributed by atoms with E-state index in [2.05, 4.69) is 30.5 Å². The molecular formula is C11H19N3O. The zero-order valence-electron chi connectivity index (χ0n) is 9.66. The van der Waals surface area contributed by atoms with Gasteiger partial charge in [-0.25, -0.2) is 0 Å². The van der Waals surface area contributed by atoms with E-state index in [4.69, 9.17) is 4.74 Å². The molecule has 1 atom stereocenters. The van der Waals surface area contributed by atoms with Crippen LogP contribution in [0.15, 0.2) is 12.4 Å². The molecule has 1 aromatic heterocycles. The van der Waals surface area contributed by atoms with Gasteiger partial charge in [0, 0.05) is 37.0 Å². The lowest BCUT2D eigenvalue weighted by Gasteiger charge is -2.28. The molecule has 1 N–H and O–H groups in total. The molecule has 0 aliphatic carbocycles. The average Bonchev–Trinajstić information content (AvgIpc) is 2.75. The Hall–Kier alpha value is -0.870. The summed E-state index contributed by atoms with van der Waals surface area (Å²) >= 11 is 0. The maximum atomic E-state index is 5.36. The van der Waals surface area contributed by atoms with Crippen LogP contribution in [0.4, 0.5) is 0 Å². The molecule has 2 rings (SSSR count). The highest BCUT2D eigenvalue weighted by Crippen LogP contribution is 2.21. The van der Waals surface area contributed by atoms with Crippen LogP contribution in [0.25, 0.3) is 0 Å². The van der Waals surface area contributed by atoms with Crippen molar-refractivity contribution in [3.05, 3.63) is 18.0 Å². The minimum Gasteiger partial charge on any atom is -0.380 e. The molecule has 2 heterocycles. The molecule has 0 aromatic carbocycles. The third-order valence-corrected chi connectivity index (χ3v) is 2.92. The van der Waals surface area contributed by atoms with E-state index >= 15 is 0 Å². The first-order valence-electron chi connectivity index (χ1n) is 5.42. The molecule has 1 aromatic rings. The van der Waals surface area contributed by atoms with Gasteiger partial charge in [-0.05, 0) is 20.3 Å². The summed E-state index contributed by atoms with van der Waals surface area (Å²) in [5.41, 5.74) is 1.18. The SMILES string of the molecule is Cn1cc(C(C)(C)NC2CCOC2)cn1. The van der Waals surface area contributed by atoms with Crippen molar-refractivity contribution in [2.75, 3.05) is 13.2 Å². The molecule has 4 heteroatoms. The predicted molar refractivity (Wildman–Crippen MR) is 58.6 cm³/mol. The van der Waals surface area contributed by atoms with Gasteiger partial charge in [0.2, 0.25) is 0 Å². The van der Waals surface area contributed by atoms with Crippen LogP contribution in [-0.2, 0) is 17.3 Å². The number of nitrogens with zero attached hydrogens (tertiary/aromatic N) is 2. The number of aryl methyl sites for hydroxylation is 1. The lowest BCUT2D eigenvalue weighted by molar-refractivity contribution is 0.183. The lowest BCUT2D eigenvalue weighted by Crippen LogP contribution is -2.43. The van der Waals surface area contributed by atoms with Gasteiger partial charge in [-0.1, -0.05) is 0 Å². The highest BCUT2D eigenvalue weighted by molar-refractivity contribution is 5.16. The standard InChI is InChI=1S/C11H19N3O/c1-11(2,9-6-12-14(3)7-9)13-10-4-5-15-8-10/h6-7,10,13H,4-5,8H2,1-3H3. The third kappa shape index (κ3) is 2.38. The number of aromatic nitrogens is 2. The van der Waals surface area contributed by atoms with E-state index < -0.39 is 0 Å². The minimum absolute atomic E-state index is 0.0351. The van der Waals surface area contributed by atoms with Crippen molar-refractivity contribution in [2.45, 2.75) is 31.8 Å². The van der Waals surface area contributed by atoms with E-state index in [0.717, 1.165) is 19.6 Å². The van der Waals surface area contributed by atoms with Gasteiger partial charge in [0.1, 0.15) is 0 Å². The van der Waals surface area contributed by atoms with Crippen molar-refractivity contribution in [3.63, 3.8) is 0 Å². The van der Waals surface area contributed by atoms with E-state index in [1.165, 1.54) is 5.56 Å². The first-order chi connectivity index (χ1) is 7.08. The molecule has 0 spiro atoms.